The molecule has 0 bridgehead atoms. The molecule has 0 fully saturated rings. The zero-order valence-electron chi connectivity index (χ0n) is 19.9. The Hall–Kier alpha value is -3.01. The SMILES string of the molecule is C.CC(C)(N)C(=O)N[C@H](COCc1ccccc1)c1nnc2ccc(OCCCCCCO)cn12. The van der Waals surface area contributed by atoms with Gasteiger partial charge in [0.25, 0.3) is 0 Å². The van der Waals surface area contributed by atoms with E-state index in [-0.39, 0.29) is 26.5 Å². The maximum Gasteiger partial charge on any atom is 0.240 e. The number of amides is 1. The second-order valence-corrected chi connectivity index (χ2v) is 8.89. The van der Waals surface area contributed by atoms with Gasteiger partial charge in [0, 0.05) is 6.61 Å². The molecular weight excluding hydrogens is 446 g/mol. The Morgan fingerprint density at radius 1 is 1.11 bits per heavy atom. The second kappa shape index (κ2) is 13.8. The summed E-state index contributed by atoms with van der Waals surface area (Å²) >= 11 is 0. The number of carbonyl (C=O) groups is 1. The molecule has 1 atom stereocenters. The summed E-state index contributed by atoms with van der Waals surface area (Å²) in [6.07, 6.45) is 5.53. The van der Waals surface area contributed by atoms with Crippen LogP contribution in [0.25, 0.3) is 5.65 Å². The summed E-state index contributed by atoms with van der Waals surface area (Å²) in [5, 5.41) is 20.4. The fourth-order valence-electron chi connectivity index (χ4n) is 3.36. The molecule has 4 N–H and O–H groups in total. The lowest BCUT2D eigenvalue weighted by atomic mass is 10.1. The van der Waals surface area contributed by atoms with Gasteiger partial charge < -0.3 is 25.6 Å². The third-order valence-electron chi connectivity index (χ3n) is 5.32. The first kappa shape index (κ1) is 28.2. The van der Waals surface area contributed by atoms with Gasteiger partial charge in [-0.25, -0.2) is 0 Å². The molecule has 0 aliphatic heterocycles. The standard InChI is InChI=1S/C25H35N5O4.CH4/c1-25(2,26)24(32)27-21(18-33-17-19-10-6-5-7-11-19)23-29-28-22-13-12-20(16-30(22)23)34-15-9-4-3-8-14-31;/h5-7,10-13,16,21,31H,3-4,8-9,14-15,17-18,26H2,1-2H3,(H,27,32);1H4/t21-;/m1./s1. The highest BCUT2D eigenvalue weighted by molar-refractivity contribution is 5.85. The van der Waals surface area contributed by atoms with Crippen LogP contribution >= 0.6 is 0 Å². The Kier molecular flexibility index (Phi) is 11.1. The molecule has 0 unspecified atom stereocenters. The van der Waals surface area contributed by atoms with E-state index in [4.69, 9.17) is 20.3 Å². The van der Waals surface area contributed by atoms with Gasteiger partial charge in [0.1, 0.15) is 11.8 Å². The van der Waals surface area contributed by atoms with Crippen LogP contribution in [-0.2, 0) is 16.1 Å². The summed E-state index contributed by atoms with van der Waals surface area (Å²) in [5.74, 6) is 0.909. The zero-order valence-corrected chi connectivity index (χ0v) is 19.9. The number of carbonyl (C=O) groups excluding carboxylic acids is 1. The first-order chi connectivity index (χ1) is 16.4. The van der Waals surface area contributed by atoms with Crippen molar-refractivity contribution in [2.45, 2.75) is 65.1 Å². The van der Waals surface area contributed by atoms with Crippen molar-refractivity contribution in [3.63, 3.8) is 0 Å². The molecule has 3 aromatic rings. The number of benzene rings is 1. The number of ether oxygens (including phenoxy) is 2. The van der Waals surface area contributed by atoms with Crippen molar-refractivity contribution in [3.05, 3.63) is 60.0 Å². The minimum absolute atomic E-state index is 0. The number of unbranched alkanes of at least 4 members (excludes halogenated alkanes) is 3. The molecule has 192 valence electrons. The summed E-state index contributed by atoms with van der Waals surface area (Å²) in [5.41, 5.74) is 6.63. The van der Waals surface area contributed by atoms with Gasteiger partial charge in [-0.15, -0.1) is 10.2 Å². The van der Waals surface area contributed by atoms with Crippen molar-refractivity contribution in [2.24, 2.45) is 5.73 Å². The Balaban J connectivity index is 0.00000432. The first-order valence-corrected chi connectivity index (χ1v) is 11.7. The van der Waals surface area contributed by atoms with Gasteiger partial charge in [0.2, 0.25) is 5.91 Å². The predicted octanol–water partition coefficient (Wildman–Crippen LogP) is 3.41. The van der Waals surface area contributed by atoms with Gasteiger partial charge in [0.15, 0.2) is 11.5 Å². The van der Waals surface area contributed by atoms with E-state index in [1.807, 2.05) is 48.7 Å². The number of pyridine rings is 1. The van der Waals surface area contributed by atoms with Gasteiger partial charge in [0.05, 0.1) is 31.6 Å². The molecule has 0 radical (unpaired) electrons. The van der Waals surface area contributed by atoms with Crippen LogP contribution < -0.4 is 15.8 Å². The molecule has 0 aliphatic carbocycles. The van der Waals surface area contributed by atoms with Crippen molar-refractivity contribution in [1.82, 2.24) is 19.9 Å². The van der Waals surface area contributed by atoms with Gasteiger partial charge >= 0.3 is 0 Å². The molecule has 0 aliphatic rings. The number of hydrogen-bond acceptors (Lipinski definition) is 7. The molecule has 1 aromatic carbocycles. The van der Waals surface area contributed by atoms with Crippen molar-refractivity contribution in [3.8, 4) is 5.75 Å². The van der Waals surface area contributed by atoms with Crippen LogP contribution in [0.5, 0.6) is 5.75 Å². The maximum atomic E-state index is 12.7. The number of nitrogens with one attached hydrogen (secondary N) is 1. The molecule has 2 heterocycles. The summed E-state index contributed by atoms with van der Waals surface area (Å²) in [6.45, 7) is 4.71. The predicted molar refractivity (Wildman–Crippen MR) is 136 cm³/mol. The molecule has 2 aromatic heterocycles. The number of nitrogens with zero attached hydrogens (tertiary/aromatic N) is 3. The summed E-state index contributed by atoms with van der Waals surface area (Å²) in [4.78, 5) is 12.7. The van der Waals surface area contributed by atoms with Crippen LogP contribution in [0.4, 0.5) is 0 Å². The van der Waals surface area contributed by atoms with E-state index in [2.05, 4.69) is 15.5 Å². The quantitative estimate of drug-likeness (QED) is 0.299. The fraction of sp³-hybridized carbons (Fsp3) is 0.500. The van der Waals surface area contributed by atoms with Gasteiger partial charge in [-0.2, -0.15) is 0 Å². The third-order valence-corrected chi connectivity index (χ3v) is 5.32. The van der Waals surface area contributed by atoms with E-state index < -0.39 is 11.6 Å². The van der Waals surface area contributed by atoms with Crippen LogP contribution in [0, 0.1) is 0 Å². The van der Waals surface area contributed by atoms with E-state index >= 15 is 0 Å². The van der Waals surface area contributed by atoms with Crippen LogP contribution in [-0.4, -0.2) is 51.0 Å². The van der Waals surface area contributed by atoms with Crippen LogP contribution in [0.15, 0.2) is 48.7 Å². The van der Waals surface area contributed by atoms with Gasteiger partial charge in [-0.05, 0) is 50.8 Å². The molecule has 3 rings (SSSR count). The van der Waals surface area contributed by atoms with Crippen LogP contribution in [0.3, 0.4) is 0 Å². The lowest BCUT2D eigenvalue weighted by molar-refractivity contribution is -0.126. The topological polar surface area (TPSA) is 124 Å². The average molecular weight is 486 g/mol. The van der Waals surface area contributed by atoms with Crippen molar-refractivity contribution >= 4 is 11.6 Å². The Morgan fingerprint density at radius 3 is 2.57 bits per heavy atom. The average Bonchev–Trinajstić information content (AvgIpc) is 3.24. The molecule has 35 heavy (non-hydrogen) atoms. The normalized spacial score (nSPS) is 12.2. The molecule has 1 amide bonds. The Labute approximate surface area is 207 Å². The lowest BCUT2D eigenvalue weighted by Crippen LogP contribution is -2.50. The van der Waals surface area contributed by atoms with Crippen molar-refractivity contribution < 1.29 is 19.4 Å². The van der Waals surface area contributed by atoms with E-state index in [1.54, 1.807) is 18.2 Å². The van der Waals surface area contributed by atoms with Gasteiger partial charge in [-0.1, -0.05) is 44.2 Å². The summed E-state index contributed by atoms with van der Waals surface area (Å²) in [6, 6.07) is 12.9. The number of hydrogen-bond donors (Lipinski definition) is 3. The fourth-order valence-corrected chi connectivity index (χ4v) is 3.36. The highest BCUT2D eigenvalue weighted by atomic mass is 16.5. The number of fused-ring (bicyclic) bond motifs is 1. The highest BCUT2D eigenvalue weighted by Crippen LogP contribution is 2.19. The largest absolute Gasteiger partial charge is 0.492 e. The van der Waals surface area contributed by atoms with E-state index in [0.717, 1.165) is 31.2 Å². The number of aliphatic hydroxyl groups is 1. The first-order valence-electron chi connectivity index (χ1n) is 11.7. The maximum absolute atomic E-state index is 12.7. The Bertz CT molecular complexity index is 1030. The van der Waals surface area contributed by atoms with Crippen LogP contribution in [0.1, 0.15) is 64.4 Å². The van der Waals surface area contributed by atoms with E-state index in [0.29, 0.717) is 30.4 Å². The molecule has 0 saturated heterocycles. The summed E-state index contributed by atoms with van der Waals surface area (Å²) < 4.78 is 13.6. The lowest BCUT2D eigenvalue weighted by Gasteiger charge is -2.23. The van der Waals surface area contributed by atoms with Crippen LogP contribution in [0.2, 0.25) is 0 Å². The smallest absolute Gasteiger partial charge is 0.240 e. The monoisotopic (exact) mass is 485 g/mol. The molecule has 0 saturated carbocycles. The van der Waals surface area contributed by atoms with Gasteiger partial charge in [-0.3, -0.25) is 9.20 Å². The summed E-state index contributed by atoms with van der Waals surface area (Å²) in [7, 11) is 0. The van der Waals surface area contributed by atoms with Crippen molar-refractivity contribution in [1.29, 1.82) is 0 Å². The second-order valence-electron chi connectivity index (χ2n) is 8.89. The minimum atomic E-state index is -1.05. The zero-order chi connectivity index (χ0) is 24.4. The Morgan fingerprint density at radius 2 is 1.86 bits per heavy atom. The molecule has 0 spiro atoms. The number of aliphatic hydroxyl groups excluding tert-OH is 1. The van der Waals surface area contributed by atoms with E-state index in [9.17, 15) is 4.79 Å². The number of nitrogens with two attached hydrogens (primary N) is 1. The highest BCUT2D eigenvalue weighted by Gasteiger charge is 2.28. The number of rotatable bonds is 14. The third kappa shape index (κ3) is 8.61. The molecule has 9 nitrogen and oxygen atoms in total. The number of aromatic nitrogens is 3. The molecule has 9 heteroatoms. The minimum Gasteiger partial charge on any atom is -0.492 e. The molecular formula is C26H39N5O4. The van der Waals surface area contributed by atoms with E-state index in [1.165, 1.54) is 0 Å². The van der Waals surface area contributed by atoms with Crippen molar-refractivity contribution in [2.75, 3.05) is 19.8 Å².